The van der Waals surface area contributed by atoms with Gasteiger partial charge in [-0.25, -0.2) is 4.79 Å². The Labute approximate surface area is 126 Å². The number of hydrogen-bond donors (Lipinski definition) is 1. The number of hydrogen-bond acceptors (Lipinski definition) is 3. The van der Waals surface area contributed by atoms with Crippen LogP contribution >= 0.6 is 0 Å². The van der Waals surface area contributed by atoms with E-state index in [-0.39, 0.29) is 11.3 Å². The average Bonchev–Trinajstić information content (AvgIpc) is 2.33. The maximum absolute atomic E-state index is 12.6. The first kappa shape index (κ1) is 16.0. The van der Waals surface area contributed by atoms with Gasteiger partial charge >= 0.3 is 6.03 Å². The monoisotopic (exact) mass is 294 g/mol. The second-order valence-electron chi connectivity index (χ2n) is 7.21. The topological polar surface area (TPSA) is 66.5 Å². The summed E-state index contributed by atoms with van der Waals surface area (Å²) in [7, 11) is 0. The minimum absolute atomic E-state index is 0.118. The molecule has 1 aliphatic carbocycles. The van der Waals surface area contributed by atoms with Crippen LogP contribution in [0.2, 0.25) is 0 Å². The largest absolute Gasteiger partial charge is 0.330 e. The van der Waals surface area contributed by atoms with Crippen LogP contribution in [0.1, 0.15) is 65.7 Å². The van der Waals surface area contributed by atoms with Gasteiger partial charge in [-0.15, -0.1) is 0 Å². The Morgan fingerprint density at radius 1 is 1.19 bits per heavy atom. The lowest BCUT2D eigenvalue weighted by molar-refractivity contribution is -0.158. The van der Waals surface area contributed by atoms with Gasteiger partial charge in [0.2, 0.25) is 11.8 Å². The number of nitrogens with one attached hydrogen (secondary N) is 1. The fraction of sp³-hybridized carbons (Fsp3) is 0.812. The molecule has 1 aliphatic heterocycles. The van der Waals surface area contributed by atoms with Gasteiger partial charge in [-0.2, -0.15) is 0 Å². The number of carbonyl (C=O) groups excluding carboxylic acids is 3. The molecule has 0 aromatic heterocycles. The van der Waals surface area contributed by atoms with Gasteiger partial charge in [0, 0.05) is 6.54 Å². The Kier molecular flexibility index (Phi) is 4.40. The zero-order valence-electron chi connectivity index (χ0n) is 13.3. The molecule has 2 aliphatic rings. The smallest absolute Gasteiger partial charge is 0.277 e. The number of carbonyl (C=O) groups is 3. The molecule has 0 bridgehead atoms. The van der Waals surface area contributed by atoms with Gasteiger partial charge in [0.15, 0.2) is 0 Å². The van der Waals surface area contributed by atoms with Crippen LogP contribution in [-0.4, -0.2) is 29.3 Å². The summed E-state index contributed by atoms with van der Waals surface area (Å²) in [6.45, 7) is 6.69. The van der Waals surface area contributed by atoms with E-state index in [0.717, 1.165) is 32.1 Å². The average molecular weight is 294 g/mol. The highest BCUT2D eigenvalue weighted by atomic mass is 16.2. The molecule has 1 N–H and O–H groups in total. The van der Waals surface area contributed by atoms with Crippen LogP contribution in [0.25, 0.3) is 0 Å². The minimum atomic E-state index is -0.951. The Balaban J connectivity index is 2.06. The van der Waals surface area contributed by atoms with Crippen molar-refractivity contribution in [2.24, 2.45) is 10.8 Å². The summed E-state index contributed by atoms with van der Waals surface area (Å²) >= 11 is 0. The highest BCUT2D eigenvalue weighted by Gasteiger charge is 2.57. The second-order valence-corrected chi connectivity index (χ2v) is 7.21. The Morgan fingerprint density at radius 2 is 1.86 bits per heavy atom. The molecular weight excluding hydrogens is 268 g/mol. The van der Waals surface area contributed by atoms with Crippen molar-refractivity contribution in [1.82, 2.24) is 10.2 Å². The molecule has 4 amide bonds. The molecule has 1 heterocycles. The lowest BCUT2D eigenvalue weighted by Crippen LogP contribution is -2.67. The maximum Gasteiger partial charge on any atom is 0.330 e. The number of amides is 4. The summed E-state index contributed by atoms with van der Waals surface area (Å²) in [6.07, 6.45) is 6.38. The van der Waals surface area contributed by atoms with E-state index in [1.54, 1.807) is 0 Å². The van der Waals surface area contributed by atoms with Crippen molar-refractivity contribution in [3.8, 4) is 0 Å². The van der Waals surface area contributed by atoms with E-state index in [2.05, 4.69) is 26.1 Å². The number of barbiturate groups is 1. The van der Waals surface area contributed by atoms with Crippen molar-refractivity contribution < 1.29 is 14.4 Å². The van der Waals surface area contributed by atoms with Gasteiger partial charge in [0.05, 0.1) is 0 Å². The van der Waals surface area contributed by atoms with Crippen LogP contribution in [0.3, 0.4) is 0 Å². The van der Waals surface area contributed by atoms with E-state index in [9.17, 15) is 14.4 Å². The summed E-state index contributed by atoms with van der Waals surface area (Å²) in [5.41, 5.74) is -1.07. The Bertz CT molecular complexity index is 452. The molecular formula is C16H26N2O3. The van der Waals surface area contributed by atoms with Crippen molar-refractivity contribution in [2.45, 2.75) is 65.7 Å². The van der Waals surface area contributed by atoms with E-state index < -0.39 is 17.4 Å². The lowest BCUT2D eigenvalue weighted by Gasteiger charge is -2.46. The number of urea groups is 1. The number of nitrogens with zero attached hydrogens (tertiary/aromatic N) is 1. The summed E-state index contributed by atoms with van der Waals surface area (Å²) in [6, 6.07) is -0.550. The molecule has 0 aromatic rings. The molecule has 2 fully saturated rings. The van der Waals surface area contributed by atoms with Crippen LogP contribution < -0.4 is 5.32 Å². The fourth-order valence-electron chi connectivity index (χ4n) is 3.21. The lowest BCUT2D eigenvalue weighted by atomic mass is 9.66. The number of rotatable bonds is 6. The van der Waals surface area contributed by atoms with Crippen molar-refractivity contribution in [2.75, 3.05) is 6.54 Å². The van der Waals surface area contributed by atoms with Crippen LogP contribution in [0.5, 0.6) is 0 Å². The van der Waals surface area contributed by atoms with Crippen molar-refractivity contribution >= 4 is 17.8 Å². The fourth-order valence-corrected chi connectivity index (χ4v) is 3.21. The highest BCUT2D eigenvalue weighted by molar-refractivity contribution is 6.19. The van der Waals surface area contributed by atoms with E-state index in [1.165, 1.54) is 4.90 Å². The number of unbranched alkanes of at least 4 members (excludes halogenated alkanes) is 2. The third-order valence-electron chi connectivity index (χ3n) is 4.81. The van der Waals surface area contributed by atoms with Gasteiger partial charge < -0.3 is 0 Å². The van der Waals surface area contributed by atoms with E-state index in [1.807, 2.05) is 0 Å². The first-order valence-corrected chi connectivity index (χ1v) is 8.00. The maximum atomic E-state index is 12.6. The molecule has 1 saturated heterocycles. The van der Waals surface area contributed by atoms with Crippen molar-refractivity contribution in [3.63, 3.8) is 0 Å². The molecule has 0 aromatic carbocycles. The zero-order valence-corrected chi connectivity index (χ0v) is 13.3. The Hall–Kier alpha value is -1.39. The quantitative estimate of drug-likeness (QED) is 0.605. The van der Waals surface area contributed by atoms with Gasteiger partial charge in [-0.05, 0) is 24.7 Å². The standard InChI is InChI=1S/C16H26N2O3/c1-4-5-6-8-15(2,3)11-18-13(20)16(9-7-10-16)12(19)17-14(18)21/h4-11H2,1-3H3,(H,17,19,21). The highest BCUT2D eigenvalue weighted by Crippen LogP contribution is 2.45. The molecule has 5 heteroatoms. The molecule has 21 heavy (non-hydrogen) atoms. The van der Waals surface area contributed by atoms with Gasteiger partial charge in [0.1, 0.15) is 5.41 Å². The molecule has 0 unspecified atom stereocenters. The zero-order chi connectivity index (χ0) is 15.7. The van der Waals surface area contributed by atoms with E-state index >= 15 is 0 Å². The molecule has 0 radical (unpaired) electrons. The summed E-state index contributed by atoms with van der Waals surface area (Å²) < 4.78 is 0. The van der Waals surface area contributed by atoms with Gasteiger partial charge in [0.25, 0.3) is 0 Å². The second kappa shape index (κ2) is 5.78. The molecule has 5 nitrogen and oxygen atoms in total. The minimum Gasteiger partial charge on any atom is -0.277 e. The Morgan fingerprint density at radius 3 is 2.38 bits per heavy atom. The SMILES string of the molecule is CCCCCC(C)(C)CN1C(=O)NC(=O)C2(CCC2)C1=O. The van der Waals surface area contributed by atoms with Crippen LogP contribution in [0.15, 0.2) is 0 Å². The van der Waals surface area contributed by atoms with Crippen molar-refractivity contribution in [1.29, 1.82) is 0 Å². The first-order valence-electron chi connectivity index (χ1n) is 8.00. The predicted molar refractivity (Wildman–Crippen MR) is 79.5 cm³/mol. The molecule has 2 rings (SSSR count). The third kappa shape index (κ3) is 2.97. The van der Waals surface area contributed by atoms with Gasteiger partial charge in [-0.3, -0.25) is 19.8 Å². The van der Waals surface area contributed by atoms with Crippen LogP contribution in [0, 0.1) is 10.8 Å². The molecule has 1 saturated carbocycles. The normalized spacial score (nSPS) is 21.5. The third-order valence-corrected chi connectivity index (χ3v) is 4.81. The van der Waals surface area contributed by atoms with E-state index in [0.29, 0.717) is 19.4 Å². The molecule has 118 valence electrons. The predicted octanol–water partition coefficient (Wildman–Crippen LogP) is 2.84. The van der Waals surface area contributed by atoms with Crippen LogP contribution in [-0.2, 0) is 9.59 Å². The number of imide groups is 2. The summed E-state index contributed by atoms with van der Waals surface area (Å²) in [5, 5.41) is 2.37. The van der Waals surface area contributed by atoms with Crippen LogP contribution in [0.4, 0.5) is 4.79 Å². The summed E-state index contributed by atoms with van der Waals surface area (Å²) in [4.78, 5) is 37.9. The molecule has 1 spiro atoms. The van der Waals surface area contributed by atoms with E-state index in [4.69, 9.17) is 0 Å². The molecule has 0 atom stereocenters. The first-order chi connectivity index (χ1) is 9.82. The summed E-state index contributed by atoms with van der Waals surface area (Å²) in [5.74, 6) is -0.685. The van der Waals surface area contributed by atoms with Crippen molar-refractivity contribution in [3.05, 3.63) is 0 Å². The van der Waals surface area contributed by atoms with Gasteiger partial charge in [-0.1, -0.05) is 46.5 Å².